The maximum absolute atomic E-state index is 12.1. The fourth-order valence-electron chi connectivity index (χ4n) is 2.20. The first kappa shape index (κ1) is 15.3. The van der Waals surface area contributed by atoms with Crippen LogP contribution in [-0.2, 0) is 9.59 Å². The molecule has 2 unspecified atom stereocenters. The number of piperidine rings is 1. The summed E-state index contributed by atoms with van der Waals surface area (Å²) in [4.78, 5) is 25.1. The number of carbonyl (C=O) groups is 2. The Morgan fingerprint density at radius 3 is 2.89 bits per heavy atom. The van der Waals surface area contributed by atoms with Crippen LogP contribution in [0.1, 0.15) is 32.6 Å². The second-order valence-electron chi connectivity index (χ2n) is 4.88. The molecule has 0 aromatic heterocycles. The smallest absolute Gasteiger partial charge is 0.231 e. The molecule has 19 heavy (non-hydrogen) atoms. The van der Waals surface area contributed by atoms with Crippen LogP contribution in [0.15, 0.2) is 5.16 Å². The number of likely N-dealkylation sites (N-methyl/N-ethyl adjacent to an activating group) is 1. The van der Waals surface area contributed by atoms with E-state index in [2.05, 4.69) is 10.5 Å². The number of hydrogen-bond donors (Lipinski definition) is 3. The van der Waals surface area contributed by atoms with Crippen molar-refractivity contribution in [1.82, 2.24) is 10.2 Å². The van der Waals surface area contributed by atoms with Crippen LogP contribution >= 0.6 is 0 Å². The SMILES string of the molecule is CCCC(C(=O)NC1CCC(=O)N(C)C1)C(N)=NO. The molecular formula is C12H22N4O3. The summed E-state index contributed by atoms with van der Waals surface area (Å²) in [5, 5.41) is 14.5. The molecule has 0 bridgehead atoms. The third-order valence-electron chi connectivity index (χ3n) is 3.34. The van der Waals surface area contributed by atoms with Crippen molar-refractivity contribution in [3.8, 4) is 0 Å². The van der Waals surface area contributed by atoms with Gasteiger partial charge < -0.3 is 21.2 Å². The number of carbonyl (C=O) groups excluding carboxylic acids is 2. The highest BCUT2D eigenvalue weighted by Gasteiger charge is 2.28. The molecule has 7 heteroatoms. The molecule has 1 fully saturated rings. The maximum atomic E-state index is 12.1. The minimum atomic E-state index is -0.613. The number of oxime groups is 1. The van der Waals surface area contributed by atoms with Crippen molar-refractivity contribution in [2.45, 2.75) is 38.6 Å². The van der Waals surface area contributed by atoms with E-state index in [1.54, 1.807) is 11.9 Å². The summed E-state index contributed by atoms with van der Waals surface area (Å²) in [7, 11) is 1.72. The summed E-state index contributed by atoms with van der Waals surface area (Å²) in [6.07, 6.45) is 2.36. The minimum absolute atomic E-state index is 0.0685. The average Bonchev–Trinajstić information content (AvgIpc) is 2.39. The van der Waals surface area contributed by atoms with Crippen molar-refractivity contribution in [3.05, 3.63) is 0 Å². The molecule has 7 nitrogen and oxygen atoms in total. The zero-order valence-corrected chi connectivity index (χ0v) is 11.4. The Kier molecular flexibility index (Phi) is 5.59. The summed E-state index contributed by atoms with van der Waals surface area (Å²) in [6.45, 7) is 2.43. The zero-order chi connectivity index (χ0) is 14.4. The van der Waals surface area contributed by atoms with Gasteiger partial charge in [0, 0.05) is 26.1 Å². The number of hydrogen-bond acceptors (Lipinski definition) is 4. The Bertz CT molecular complexity index is 370. The van der Waals surface area contributed by atoms with Gasteiger partial charge in [0.1, 0.15) is 0 Å². The molecule has 1 rings (SSSR count). The van der Waals surface area contributed by atoms with Crippen molar-refractivity contribution in [3.63, 3.8) is 0 Å². The van der Waals surface area contributed by atoms with Crippen LogP contribution in [0.25, 0.3) is 0 Å². The summed E-state index contributed by atoms with van der Waals surface area (Å²) >= 11 is 0. The van der Waals surface area contributed by atoms with Crippen LogP contribution in [0.4, 0.5) is 0 Å². The van der Waals surface area contributed by atoms with E-state index in [0.717, 1.165) is 6.42 Å². The molecule has 0 aliphatic carbocycles. The molecule has 0 aromatic rings. The lowest BCUT2D eigenvalue weighted by Gasteiger charge is -2.31. The summed E-state index contributed by atoms with van der Waals surface area (Å²) < 4.78 is 0. The quantitative estimate of drug-likeness (QED) is 0.280. The number of nitrogens with one attached hydrogen (secondary N) is 1. The van der Waals surface area contributed by atoms with Gasteiger partial charge >= 0.3 is 0 Å². The average molecular weight is 270 g/mol. The maximum Gasteiger partial charge on any atom is 0.231 e. The predicted octanol–water partition coefficient (Wildman–Crippen LogP) is -0.114. The molecule has 1 aliphatic rings. The Balaban J connectivity index is 2.59. The van der Waals surface area contributed by atoms with Gasteiger partial charge in [0.05, 0.1) is 5.92 Å². The largest absolute Gasteiger partial charge is 0.409 e. The fraction of sp³-hybridized carbons (Fsp3) is 0.750. The highest BCUT2D eigenvalue weighted by molar-refractivity contribution is 6.02. The van der Waals surface area contributed by atoms with Gasteiger partial charge in [0.15, 0.2) is 5.84 Å². The molecular weight excluding hydrogens is 248 g/mol. The first-order valence-corrected chi connectivity index (χ1v) is 6.51. The van der Waals surface area contributed by atoms with Gasteiger partial charge in [-0.25, -0.2) is 0 Å². The van der Waals surface area contributed by atoms with Gasteiger partial charge in [-0.2, -0.15) is 0 Å². The van der Waals surface area contributed by atoms with Crippen LogP contribution in [0.5, 0.6) is 0 Å². The van der Waals surface area contributed by atoms with Crippen molar-refractivity contribution in [2.75, 3.05) is 13.6 Å². The minimum Gasteiger partial charge on any atom is -0.409 e. The van der Waals surface area contributed by atoms with Gasteiger partial charge in [-0.3, -0.25) is 9.59 Å². The van der Waals surface area contributed by atoms with E-state index in [1.165, 1.54) is 0 Å². The summed E-state index contributed by atoms with van der Waals surface area (Å²) in [5.74, 6) is -0.838. The van der Waals surface area contributed by atoms with E-state index >= 15 is 0 Å². The second kappa shape index (κ2) is 6.96. The molecule has 0 aromatic carbocycles. The first-order valence-electron chi connectivity index (χ1n) is 6.51. The van der Waals surface area contributed by atoms with E-state index < -0.39 is 5.92 Å². The Labute approximate surface area is 112 Å². The number of rotatable bonds is 5. The van der Waals surface area contributed by atoms with Crippen LogP contribution in [0, 0.1) is 5.92 Å². The molecule has 108 valence electrons. The Hall–Kier alpha value is -1.79. The van der Waals surface area contributed by atoms with E-state index in [9.17, 15) is 9.59 Å². The van der Waals surface area contributed by atoms with Gasteiger partial charge in [-0.15, -0.1) is 0 Å². The van der Waals surface area contributed by atoms with Crippen molar-refractivity contribution in [2.24, 2.45) is 16.8 Å². The molecule has 1 aliphatic heterocycles. The van der Waals surface area contributed by atoms with Crippen LogP contribution in [0.2, 0.25) is 0 Å². The normalized spacial score (nSPS) is 22.2. The topological polar surface area (TPSA) is 108 Å². The molecule has 1 heterocycles. The van der Waals surface area contributed by atoms with Crippen LogP contribution < -0.4 is 11.1 Å². The van der Waals surface area contributed by atoms with Crippen LogP contribution in [-0.4, -0.2) is 47.4 Å². The highest BCUT2D eigenvalue weighted by Crippen LogP contribution is 2.12. The lowest BCUT2D eigenvalue weighted by molar-refractivity contribution is -0.134. The van der Waals surface area contributed by atoms with Crippen LogP contribution in [0.3, 0.4) is 0 Å². The third-order valence-corrected chi connectivity index (χ3v) is 3.34. The molecule has 0 saturated carbocycles. The van der Waals surface area contributed by atoms with Crippen molar-refractivity contribution < 1.29 is 14.8 Å². The van der Waals surface area contributed by atoms with E-state index in [0.29, 0.717) is 25.8 Å². The van der Waals surface area contributed by atoms with E-state index in [1.807, 2.05) is 6.92 Å². The van der Waals surface area contributed by atoms with Crippen molar-refractivity contribution >= 4 is 17.6 Å². The van der Waals surface area contributed by atoms with E-state index in [4.69, 9.17) is 10.9 Å². The predicted molar refractivity (Wildman–Crippen MR) is 70.6 cm³/mol. The van der Waals surface area contributed by atoms with Gasteiger partial charge in [-0.05, 0) is 12.8 Å². The number of nitrogens with zero attached hydrogens (tertiary/aromatic N) is 2. The van der Waals surface area contributed by atoms with Gasteiger partial charge in [0.2, 0.25) is 11.8 Å². The van der Waals surface area contributed by atoms with E-state index in [-0.39, 0.29) is 23.7 Å². The fourth-order valence-corrected chi connectivity index (χ4v) is 2.20. The Morgan fingerprint density at radius 1 is 1.68 bits per heavy atom. The number of amidine groups is 1. The zero-order valence-electron chi connectivity index (χ0n) is 11.4. The Morgan fingerprint density at radius 2 is 2.37 bits per heavy atom. The molecule has 0 spiro atoms. The molecule has 4 N–H and O–H groups in total. The molecule has 2 atom stereocenters. The molecule has 0 radical (unpaired) electrons. The lowest BCUT2D eigenvalue weighted by Crippen LogP contribution is -2.51. The van der Waals surface area contributed by atoms with Crippen molar-refractivity contribution in [1.29, 1.82) is 0 Å². The molecule has 1 saturated heterocycles. The number of likely N-dealkylation sites (tertiary alicyclic amines) is 1. The highest BCUT2D eigenvalue weighted by atomic mass is 16.4. The standard InChI is InChI=1S/C12H22N4O3/c1-3-4-9(11(13)15-19)12(18)14-8-5-6-10(17)16(2)7-8/h8-9,19H,3-7H2,1-2H3,(H2,13,15)(H,14,18). The monoisotopic (exact) mass is 270 g/mol. The lowest BCUT2D eigenvalue weighted by atomic mass is 9.99. The second-order valence-corrected chi connectivity index (χ2v) is 4.88. The summed E-state index contributed by atoms with van der Waals surface area (Å²) in [6, 6.07) is -0.0685. The first-order chi connectivity index (χ1) is 8.99. The molecule has 2 amide bonds. The van der Waals surface area contributed by atoms with Gasteiger partial charge in [0.25, 0.3) is 0 Å². The van der Waals surface area contributed by atoms with Gasteiger partial charge in [-0.1, -0.05) is 18.5 Å². The third kappa shape index (κ3) is 4.11. The number of amides is 2. The summed E-state index contributed by atoms with van der Waals surface area (Å²) in [5.41, 5.74) is 5.53. The number of nitrogens with two attached hydrogens (primary N) is 1.